The number of nitrogens with zero attached hydrogens (tertiary/aromatic N) is 5. The topological polar surface area (TPSA) is 96.0 Å². The number of imidazole rings is 1. The summed E-state index contributed by atoms with van der Waals surface area (Å²) < 4.78 is 0. The van der Waals surface area contributed by atoms with Crippen molar-refractivity contribution < 1.29 is 0 Å². The van der Waals surface area contributed by atoms with Crippen molar-refractivity contribution in [3.05, 3.63) is 65.8 Å². The lowest BCUT2D eigenvalue weighted by atomic mass is 10.2. The number of hydrogen-bond donors (Lipinski definition) is 2. The van der Waals surface area contributed by atoms with Crippen LogP contribution in [0.15, 0.2) is 60.9 Å². The molecular formula is C22H15N7S. The van der Waals surface area contributed by atoms with Gasteiger partial charge < -0.3 is 4.98 Å². The molecule has 6 rings (SSSR count). The van der Waals surface area contributed by atoms with E-state index in [9.17, 15) is 0 Å². The highest BCUT2D eigenvalue weighted by Gasteiger charge is 2.18. The highest BCUT2D eigenvalue weighted by atomic mass is 32.1. The molecule has 0 bridgehead atoms. The summed E-state index contributed by atoms with van der Waals surface area (Å²) in [5.41, 5.74) is 6.48. The maximum atomic E-state index is 4.84. The number of aromatic amines is 2. The van der Waals surface area contributed by atoms with E-state index in [4.69, 9.17) is 9.97 Å². The number of nitrogens with one attached hydrogen (secondary N) is 2. The highest BCUT2D eigenvalue weighted by molar-refractivity contribution is 7.15. The van der Waals surface area contributed by atoms with Crippen LogP contribution in [0.5, 0.6) is 0 Å². The normalized spacial score (nSPS) is 11.5. The summed E-state index contributed by atoms with van der Waals surface area (Å²) in [6, 6.07) is 15.8. The molecule has 0 aliphatic rings. The number of aryl methyl sites for hydroxylation is 1. The SMILES string of the molecule is Cc1ccc(-c2nccc3[nH]c(-c4n[nH]c5ccc(-c6ccccn6)nc45)nc23)s1. The summed E-state index contributed by atoms with van der Waals surface area (Å²) in [6.07, 6.45) is 3.56. The van der Waals surface area contributed by atoms with Crippen LogP contribution < -0.4 is 0 Å². The summed E-state index contributed by atoms with van der Waals surface area (Å²) in [5, 5.41) is 7.54. The largest absolute Gasteiger partial charge is 0.336 e. The molecule has 0 atom stereocenters. The van der Waals surface area contributed by atoms with Crippen LogP contribution in [0.1, 0.15) is 4.88 Å². The van der Waals surface area contributed by atoms with Crippen LogP contribution in [0.2, 0.25) is 0 Å². The zero-order valence-corrected chi connectivity index (χ0v) is 16.7. The Balaban J connectivity index is 1.52. The maximum absolute atomic E-state index is 4.84. The Labute approximate surface area is 174 Å². The van der Waals surface area contributed by atoms with Gasteiger partial charge in [0, 0.05) is 17.3 Å². The first-order chi connectivity index (χ1) is 14.8. The average Bonchev–Trinajstić information content (AvgIpc) is 3.51. The number of hydrogen-bond acceptors (Lipinski definition) is 6. The molecule has 0 spiro atoms. The molecule has 0 unspecified atom stereocenters. The number of fused-ring (bicyclic) bond motifs is 2. The third kappa shape index (κ3) is 2.69. The molecule has 8 heteroatoms. The first-order valence-corrected chi connectivity index (χ1v) is 10.3. The minimum absolute atomic E-state index is 0.657. The van der Waals surface area contributed by atoms with Crippen molar-refractivity contribution >= 4 is 33.4 Å². The van der Waals surface area contributed by atoms with Crippen molar-refractivity contribution in [2.75, 3.05) is 0 Å². The molecule has 6 aromatic heterocycles. The van der Waals surface area contributed by atoms with Gasteiger partial charge in [0.25, 0.3) is 0 Å². The standard InChI is InChI=1S/C22H15N7S/c1-12-5-8-17(30-12)20-18-15(9-11-24-20)26-22(27-18)21-19-16(28-29-21)7-6-14(25-19)13-4-2-3-10-23-13/h2-11H,1H3,(H,26,27)(H,28,29). The summed E-state index contributed by atoms with van der Waals surface area (Å²) >= 11 is 1.71. The molecule has 0 amide bonds. The van der Waals surface area contributed by atoms with E-state index in [1.807, 2.05) is 36.4 Å². The number of aromatic nitrogens is 7. The van der Waals surface area contributed by atoms with E-state index in [-0.39, 0.29) is 0 Å². The van der Waals surface area contributed by atoms with Gasteiger partial charge in [-0.2, -0.15) is 5.10 Å². The van der Waals surface area contributed by atoms with Gasteiger partial charge in [-0.25, -0.2) is 9.97 Å². The molecule has 0 aliphatic heterocycles. The van der Waals surface area contributed by atoms with E-state index in [0.29, 0.717) is 11.5 Å². The van der Waals surface area contributed by atoms with Gasteiger partial charge in [0.15, 0.2) is 11.5 Å². The molecule has 0 aliphatic carbocycles. The second-order valence-corrected chi connectivity index (χ2v) is 8.22. The van der Waals surface area contributed by atoms with Gasteiger partial charge in [-0.3, -0.25) is 15.1 Å². The van der Waals surface area contributed by atoms with Gasteiger partial charge in [-0.15, -0.1) is 11.3 Å². The number of pyridine rings is 3. The van der Waals surface area contributed by atoms with E-state index in [2.05, 4.69) is 44.2 Å². The van der Waals surface area contributed by atoms with E-state index < -0.39 is 0 Å². The van der Waals surface area contributed by atoms with Crippen molar-refractivity contribution in [3.63, 3.8) is 0 Å². The molecule has 6 heterocycles. The Morgan fingerprint density at radius 1 is 0.767 bits per heavy atom. The molecule has 0 saturated carbocycles. The third-order valence-electron chi connectivity index (χ3n) is 4.93. The van der Waals surface area contributed by atoms with Crippen molar-refractivity contribution in [1.82, 2.24) is 35.1 Å². The summed E-state index contributed by atoms with van der Waals surface area (Å²) in [7, 11) is 0. The molecule has 0 saturated heterocycles. The molecule has 0 aromatic carbocycles. The average molecular weight is 409 g/mol. The molecule has 30 heavy (non-hydrogen) atoms. The predicted molar refractivity (Wildman–Crippen MR) is 118 cm³/mol. The fourth-order valence-electron chi connectivity index (χ4n) is 3.51. The lowest BCUT2D eigenvalue weighted by molar-refractivity contribution is 1.10. The predicted octanol–water partition coefficient (Wildman–Crippen LogP) is 5.00. The lowest BCUT2D eigenvalue weighted by Gasteiger charge is -2.00. The first-order valence-electron chi connectivity index (χ1n) is 9.45. The van der Waals surface area contributed by atoms with Gasteiger partial charge in [0.1, 0.15) is 16.7 Å². The summed E-state index contributed by atoms with van der Waals surface area (Å²) in [4.78, 5) is 24.3. The third-order valence-corrected chi connectivity index (χ3v) is 5.94. The van der Waals surface area contributed by atoms with Crippen LogP contribution in [0.4, 0.5) is 0 Å². The highest BCUT2D eigenvalue weighted by Crippen LogP contribution is 2.33. The van der Waals surface area contributed by atoms with Crippen molar-refractivity contribution in [2.45, 2.75) is 6.92 Å². The van der Waals surface area contributed by atoms with Gasteiger partial charge >= 0.3 is 0 Å². The Kier molecular flexibility index (Phi) is 3.72. The van der Waals surface area contributed by atoms with Crippen molar-refractivity contribution in [2.24, 2.45) is 0 Å². The zero-order valence-electron chi connectivity index (χ0n) is 15.9. The van der Waals surface area contributed by atoms with Crippen LogP contribution >= 0.6 is 11.3 Å². The van der Waals surface area contributed by atoms with E-state index in [1.165, 1.54) is 4.88 Å². The van der Waals surface area contributed by atoms with Gasteiger partial charge in [-0.05, 0) is 49.4 Å². The zero-order chi connectivity index (χ0) is 20.1. The van der Waals surface area contributed by atoms with Crippen molar-refractivity contribution in [3.8, 4) is 33.5 Å². The first kappa shape index (κ1) is 17.0. The Hall–Kier alpha value is -3.91. The molecule has 0 fully saturated rings. The molecule has 144 valence electrons. The Bertz CT molecular complexity index is 1510. The van der Waals surface area contributed by atoms with Crippen molar-refractivity contribution in [1.29, 1.82) is 0 Å². The van der Waals surface area contributed by atoms with E-state index in [1.54, 1.807) is 23.7 Å². The second-order valence-electron chi connectivity index (χ2n) is 6.93. The van der Waals surface area contributed by atoms with Gasteiger partial charge in [0.05, 0.1) is 27.3 Å². The Morgan fingerprint density at radius 2 is 1.70 bits per heavy atom. The molecule has 6 aromatic rings. The molecular weight excluding hydrogens is 394 g/mol. The molecule has 7 nitrogen and oxygen atoms in total. The molecule has 0 radical (unpaired) electrons. The van der Waals surface area contributed by atoms with Gasteiger partial charge in [-0.1, -0.05) is 6.07 Å². The van der Waals surface area contributed by atoms with E-state index >= 15 is 0 Å². The quantitative estimate of drug-likeness (QED) is 0.429. The number of rotatable bonds is 3. The van der Waals surface area contributed by atoms with E-state index in [0.717, 1.165) is 44.0 Å². The van der Waals surface area contributed by atoms with Crippen LogP contribution in [-0.2, 0) is 0 Å². The summed E-state index contributed by atoms with van der Waals surface area (Å²) in [6.45, 7) is 2.09. The fourth-order valence-corrected chi connectivity index (χ4v) is 4.38. The number of H-pyrrole nitrogens is 2. The monoisotopic (exact) mass is 409 g/mol. The minimum atomic E-state index is 0.657. The number of thiophene rings is 1. The van der Waals surface area contributed by atoms with Crippen LogP contribution in [-0.4, -0.2) is 35.1 Å². The second kappa shape index (κ2) is 6.57. The van der Waals surface area contributed by atoms with Gasteiger partial charge in [0.2, 0.25) is 0 Å². The summed E-state index contributed by atoms with van der Waals surface area (Å²) in [5.74, 6) is 0.657. The fraction of sp³-hybridized carbons (Fsp3) is 0.0455. The Morgan fingerprint density at radius 3 is 2.53 bits per heavy atom. The smallest absolute Gasteiger partial charge is 0.161 e. The van der Waals surface area contributed by atoms with Crippen LogP contribution in [0.25, 0.3) is 55.5 Å². The lowest BCUT2D eigenvalue weighted by Crippen LogP contribution is -1.88. The van der Waals surface area contributed by atoms with Crippen LogP contribution in [0.3, 0.4) is 0 Å². The maximum Gasteiger partial charge on any atom is 0.161 e. The molecule has 2 N–H and O–H groups in total. The minimum Gasteiger partial charge on any atom is -0.336 e. The van der Waals surface area contributed by atoms with Crippen LogP contribution in [0, 0.1) is 6.92 Å².